The Bertz CT molecular complexity index is 842. The fourth-order valence-corrected chi connectivity index (χ4v) is 8.80. The molecular weight excluding hydrogens is 548 g/mol. The lowest BCUT2D eigenvalue weighted by molar-refractivity contribution is -0.699. The summed E-state index contributed by atoms with van der Waals surface area (Å²) in [5.74, 6) is 1.93. The summed E-state index contributed by atoms with van der Waals surface area (Å²) in [6.07, 6.45) is 10.3. The number of rotatable bonds is 13. The predicted molar refractivity (Wildman–Crippen MR) is 166 cm³/mol. The summed E-state index contributed by atoms with van der Waals surface area (Å²) in [4.78, 5) is 24.7. The lowest BCUT2D eigenvalue weighted by atomic mass is 9.66. The van der Waals surface area contributed by atoms with Crippen LogP contribution in [0.25, 0.3) is 0 Å². The van der Waals surface area contributed by atoms with Gasteiger partial charge in [0.2, 0.25) is 0 Å². The van der Waals surface area contributed by atoms with Crippen molar-refractivity contribution in [3.8, 4) is 0 Å². The average Bonchev–Trinajstić information content (AvgIpc) is 2.92. The first kappa shape index (κ1) is 36.2. The second kappa shape index (κ2) is 18.0. The molecule has 250 valence electrons. The topological polar surface area (TPSA) is 145 Å². The number of ether oxygens (including phenoxy) is 3. The summed E-state index contributed by atoms with van der Waals surface area (Å²) in [5, 5.41) is 23.2. The molecule has 0 amide bonds. The van der Waals surface area contributed by atoms with Crippen molar-refractivity contribution in [2.75, 3.05) is 20.3 Å². The van der Waals surface area contributed by atoms with Crippen LogP contribution in [0.3, 0.4) is 0 Å². The zero-order valence-electron chi connectivity index (χ0n) is 27.6. The first-order valence-corrected chi connectivity index (χ1v) is 17.2. The van der Waals surface area contributed by atoms with Crippen molar-refractivity contribution < 1.29 is 39.3 Å². The molecule has 2 aliphatic carbocycles. The molecule has 3 aliphatic rings. The first-order valence-electron chi connectivity index (χ1n) is 17.2. The summed E-state index contributed by atoms with van der Waals surface area (Å²) < 4.78 is 17.6. The van der Waals surface area contributed by atoms with Gasteiger partial charge in [-0.05, 0) is 99.2 Å². The fourth-order valence-electron chi connectivity index (χ4n) is 8.80. The fraction of sp³-hybridized carbons (Fsp3) is 0.941. The molecule has 3 rings (SSSR count). The molecule has 1 aliphatic heterocycles. The van der Waals surface area contributed by atoms with Crippen LogP contribution in [-0.2, 0) is 23.8 Å². The number of esters is 2. The number of hydrogen-bond acceptors (Lipinski definition) is 8. The van der Waals surface area contributed by atoms with Gasteiger partial charge in [-0.1, -0.05) is 26.7 Å². The molecule has 0 spiro atoms. The molecular formula is C34H63N2O7+. The molecule has 9 heteroatoms. The highest BCUT2D eigenvalue weighted by Gasteiger charge is 2.42. The monoisotopic (exact) mass is 611 g/mol. The number of carbonyl (C=O) groups is 2. The van der Waals surface area contributed by atoms with Crippen LogP contribution in [0.4, 0.5) is 0 Å². The minimum Gasteiger partial charge on any atom is -0.462 e. The van der Waals surface area contributed by atoms with Gasteiger partial charge in [-0.25, -0.2) is 0 Å². The Morgan fingerprint density at radius 2 is 1.67 bits per heavy atom. The van der Waals surface area contributed by atoms with Crippen LogP contribution in [0.5, 0.6) is 0 Å². The lowest BCUT2D eigenvalue weighted by Gasteiger charge is -2.44. The van der Waals surface area contributed by atoms with Crippen molar-refractivity contribution in [2.45, 2.75) is 142 Å². The van der Waals surface area contributed by atoms with Crippen LogP contribution >= 0.6 is 0 Å². The maximum absolute atomic E-state index is 12.4. The zero-order valence-corrected chi connectivity index (χ0v) is 27.6. The number of quaternary nitrogens is 1. The van der Waals surface area contributed by atoms with E-state index in [1.54, 1.807) is 7.11 Å². The summed E-state index contributed by atoms with van der Waals surface area (Å²) in [6, 6.07) is 0. The highest BCUT2D eigenvalue weighted by molar-refractivity contribution is 5.66. The third-order valence-electron chi connectivity index (χ3n) is 10.7. The van der Waals surface area contributed by atoms with Crippen molar-refractivity contribution >= 4 is 11.9 Å². The van der Waals surface area contributed by atoms with Crippen molar-refractivity contribution in [2.24, 2.45) is 47.2 Å². The minimum absolute atomic E-state index is 0.0982. The minimum atomic E-state index is -0.483. The van der Waals surface area contributed by atoms with E-state index in [0.29, 0.717) is 48.9 Å². The maximum atomic E-state index is 12.4. The molecule has 9 nitrogen and oxygen atoms in total. The second-order valence-corrected chi connectivity index (χ2v) is 14.6. The van der Waals surface area contributed by atoms with E-state index in [1.807, 2.05) is 0 Å². The van der Waals surface area contributed by atoms with Gasteiger partial charge in [0.25, 0.3) is 0 Å². The van der Waals surface area contributed by atoms with Crippen LogP contribution in [0.2, 0.25) is 0 Å². The number of hydrogen-bond donors (Lipinski definition) is 4. The Kier molecular flexibility index (Phi) is 15.2. The highest BCUT2D eigenvalue weighted by Crippen LogP contribution is 2.43. The van der Waals surface area contributed by atoms with Crippen LogP contribution in [0.15, 0.2) is 0 Å². The molecule has 0 radical (unpaired) electrons. The summed E-state index contributed by atoms with van der Waals surface area (Å²) >= 11 is 0. The van der Waals surface area contributed by atoms with Crippen LogP contribution in [0, 0.1) is 41.4 Å². The van der Waals surface area contributed by atoms with Crippen molar-refractivity contribution in [1.82, 2.24) is 0 Å². The van der Waals surface area contributed by atoms with E-state index in [9.17, 15) is 19.8 Å². The number of methoxy groups -OCH3 is 1. The SMILES string of the molecule is COC1CC(CCC(CC(OC(C)=O)C2CC(CO)CCCC(CC(C)C)C2)OC(C)=O)C(C2CC[NH2+]C(N)C2)CC1O. The smallest absolute Gasteiger partial charge is 0.302 e. The molecule has 2 saturated carbocycles. The number of aliphatic hydroxyl groups is 2. The molecule has 0 aromatic carbocycles. The Labute approximate surface area is 260 Å². The van der Waals surface area contributed by atoms with Gasteiger partial charge in [-0.2, -0.15) is 0 Å². The van der Waals surface area contributed by atoms with E-state index in [4.69, 9.17) is 19.9 Å². The maximum Gasteiger partial charge on any atom is 0.302 e. The van der Waals surface area contributed by atoms with Crippen LogP contribution < -0.4 is 11.1 Å². The molecule has 11 unspecified atom stereocenters. The third-order valence-corrected chi connectivity index (χ3v) is 10.7. The zero-order chi connectivity index (χ0) is 31.5. The van der Waals surface area contributed by atoms with Crippen molar-refractivity contribution in [3.63, 3.8) is 0 Å². The number of aliphatic hydroxyl groups excluding tert-OH is 2. The molecule has 0 aromatic heterocycles. The molecule has 0 bridgehead atoms. The van der Waals surface area contributed by atoms with Gasteiger partial charge in [-0.15, -0.1) is 0 Å². The Morgan fingerprint density at radius 3 is 2.30 bits per heavy atom. The van der Waals surface area contributed by atoms with E-state index in [2.05, 4.69) is 19.2 Å². The average molecular weight is 612 g/mol. The molecule has 43 heavy (non-hydrogen) atoms. The molecule has 1 heterocycles. The molecule has 11 atom stereocenters. The van der Waals surface area contributed by atoms with Crippen LogP contribution in [-0.4, -0.2) is 73.0 Å². The van der Waals surface area contributed by atoms with E-state index >= 15 is 0 Å². The van der Waals surface area contributed by atoms with Gasteiger partial charge in [0.05, 0.1) is 18.8 Å². The Balaban J connectivity index is 1.78. The molecule has 0 aromatic rings. The van der Waals surface area contributed by atoms with Crippen molar-refractivity contribution in [1.29, 1.82) is 0 Å². The molecule has 1 saturated heterocycles. The lowest BCUT2D eigenvalue weighted by Crippen LogP contribution is -2.94. The summed E-state index contributed by atoms with van der Waals surface area (Å²) in [5.41, 5.74) is 6.33. The quantitative estimate of drug-likeness (QED) is 0.232. The van der Waals surface area contributed by atoms with Gasteiger partial charge in [0, 0.05) is 40.4 Å². The van der Waals surface area contributed by atoms with Gasteiger partial charge in [0.15, 0.2) is 0 Å². The van der Waals surface area contributed by atoms with Crippen LogP contribution in [0.1, 0.15) is 111 Å². The first-order chi connectivity index (χ1) is 20.5. The van der Waals surface area contributed by atoms with E-state index < -0.39 is 6.10 Å². The van der Waals surface area contributed by atoms with Gasteiger partial charge in [-0.3, -0.25) is 15.3 Å². The normalized spacial score (nSPS) is 35.4. The van der Waals surface area contributed by atoms with E-state index in [0.717, 1.165) is 70.8 Å². The third kappa shape index (κ3) is 11.9. The van der Waals surface area contributed by atoms with E-state index in [-0.39, 0.29) is 54.9 Å². The number of nitrogens with two attached hydrogens (primary N) is 2. The Morgan fingerprint density at radius 1 is 0.977 bits per heavy atom. The van der Waals surface area contributed by atoms with Crippen molar-refractivity contribution in [3.05, 3.63) is 0 Å². The van der Waals surface area contributed by atoms with Gasteiger partial charge < -0.3 is 29.7 Å². The van der Waals surface area contributed by atoms with Gasteiger partial charge >= 0.3 is 11.9 Å². The standard InChI is InChI=1S/C34H62N2O7/c1-21(2)13-24-7-6-8-25(20-37)15-28(14-24)32(43-23(4)39)18-29(42-22(3)38)10-9-26-16-33(41-5)31(40)19-30(26)27-11-12-36-34(35)17-27/h21,24-34,36-37,40H,6-20,35H2,1-5H3/p+1. The predicted octanol–water partition coefficient (Wildman–Crippen LogP) is 3.53. The second-order valence-electron chi connectivity index (χ2n) is 14.6. The van der Waals surface area contributed by atoms with Gasteiger partial charge in [0.1, 0.15) is 18.4 Å². The Hall–Kier alpha value is -1.26. The largest absolute Gasteiger partial charge is 0.462 e. The molecule has 3 fully saturated rings. The summed E-state index contributed by atoms with van der Waals surface area (Å²) in [6.45, 7) is 8.58. The van der Waals surface area contributed by atoms with E-state index in [1.165, 1.54) is 13.8 Å². The number of piperidine rings is 1. The highest BCUT2D eigenvalue weighted by atomic mass is 16.6. The molecule has 6 N–H and O–H groups in total. The number of carbonyl (C=O) groups excluding carboxylic acids is 2. The summed E-state index contributed by atoms with van der Waals surface area (Å²) in [7, 11) is 1.67.